The number of nitriles is 2. The number of rotatable bonds is 6. The molecule has 0 unspecified atom stereocenters. The van der Waals surface area contributed by atoms with E-state index < -0.39 is 29.1 Å². The fourth-order valence-corrected chi connectivity index (χ4v) is 5.95. The summed E-state index contributed by atoms with van der Waals surface area (Å²) in [6.07, 6.45) is 4.49. The number of aromatic nitrogens is 1. The first kappa shape index (κ1) is 27.3. The summed E-state index contributed by atoms with van der Waals surface area (Å²) in [7, 11) is 1.41. The molecule has 0 radical (unpaired) electrons. The van der Waals surface area contributed by atoms with E-state index >= 15 is 0 Å². The molecule has 8 nitrogen and oxygen atoms in total. The van der Waals surface area contributed by atoms with Crippen molar-refractivity contribution in [2.75, 3.05) is 13.7 Å². The van der Waals surface area contributed by atoms with Gasteiger partial charge in [-0.25, -0.2) is 4.98 Å². The number of nitrogens with one attached hydrogen (secondary N) is 1. The van der Waals surface area contributed by atoms with E-state index in [-0.39, 0.29) is 28.4 Å². The van der Waals surface area contributed by atoms with Crippen molar-refractivity contribution in [1.29, 1.82) is 10.5 Å². The molecule has 0 saturated heterocycles. The van der Waals surface area contributed by atoms with Crippen LogP contribution in [0.3, 0.4) is 0 Å². The zero-order valence-corrected chi connectivity index (χ0v) is 22.6. The lowest BCUT2D eigenvalue weighted by Gasteiger charge is -2.41. The zero-order chi connectivity index (χ0) is 27.9. The fourth-order valence-electron chi connectivity index (χ4n) is 5.95. The van der Waals surface area contributed by atoms with Crippen molar-refractivity contribution in [2.45, 2.75) is 57.5 Å². The number of aliphatic hydroxyl groups is 2. The average molecular weight is 515 g/mol. The van der Waals surface area contributed by atoms with Crippen LogP contribution in [0.5, 0.6) is 11.6 Å². The SMILES string of the molecule is C/C=C\C=C(/C)[C@@H]1[C@@H](CNC(C)(C)C)[C@@H](O)[C@@]2(O)c3c(cc(C#N)nc3OC)O[C@@]12c1ccc(C#N)cc1. The van der Waals surface area contributed by atoms with E-state index in [1.54, 1.807) is 24.3 Å². The number of methoxy groups -OCH3 is 1. The van der Waals surface area contributed by atoms with Gasteiger partial charge in [0.2, 0.25) is 5.88 Å². The highest BCUT2D eigenvalue weighted by molar-refractivity contribution is 5.59. The number of benzene rings is 1. The van der Waals surface area contributed by atoms with E-state index in [0.29, 0.717) is 17.7 Å². The molecule has 0 amide bonds. The Morgan fingerprint density at radius 3 is 2.47 bits per heavy atom. The topological polar surface area (TPSA) is 131 Å². The van der Waals surface area contributed by atoms with Crippen molar-refractivity contribution in [3.8, 4) is 23.8 Å². The molecule has 2 aromatic rings. The van der Waals surface area contributed by atoms with Crippen molar-refractivity contribution in [2.24, 2.45) is 11.8 Å². The van der Waals surface area contributed by atoms with Gasteiger partial charge in [-0.3, -0.25) is 0 Å². The van der Waals surface area contributed by atoms with E-state index in [1.807, 2.05) is 58.9 Å². The standard InChI is InChI=1S/C30H34N4O4/c1-7-8-9-18(2)24-22(17-33-28(3,4)5)26(35)29(36)25-23(14-21(16-32)34-27(25)37-6)38-30(24,29)20-12-10-19(15-31)11-13-20/h7-14,22,24,26,33,35-36H,17H2,1-6H3/b8-7-,18-9+/t22-,24-,26-,29+,30+/m1/s1. The molecule has 3 N–H and O–H groups in total. The molecular weight excluding hydrogens is 480 g/mol. The molecule has 2 heterocycles. The summed E-state index contributed by atoms with van der Waals surface area (Å²) >= 11 is 0. The summed E-state index contributed by atoms with van der Waals surface area (Å²) in [6.45, 7) is 10.4. The molecule has 1 aliphatic heterocycles. The van der Waals surface area contributed by atoms with Crippen LogP contribution in [-0.2, 0) is 11.2 Å². The van der Waals surface area contributed by atoms with Crippen molar-refractivity contribution >= 4 is 0 Å². The molecule has 198 valence electrons. The molecule has 4 rings (SSSR count). The van der Waals surface area contributed by atoms with Gasteiger partial charge in [-0.2, -0.15) is 10.5 Å². The summed E-state index contributed by atoms with van der Waals surface area (Å²) in [5, 5.41) is 47.3. The quantitative estimate of drug-likeness (QED) is 0.496. The lowest BCUT2D eigenvalue weighted by atomic mass is 9.70. The number of ether oxygens (including phenoxy) is 2. The van der Waals surface area contributed by atoms with Crippen molar-refractivity contribution in [3.05, 3.63) is 76.5 Å². The third-order valence-corrected chi connectivity index (χ3v) is 7.53. The van der Waals surface area contributed by atoms with Crippen LogP contribution < -0.4 is 14.8 Å². The van der Waals surface area contributed by atoms with Gasteiger partial charge in [0.15, 0.2) is 11.2 Å². The minimum absolute atomic E-state index is 0.0226. The van der Waals surface area contributed by atoms with Crippen LogP contribution in [-0.4, -0.2) is 40.5 Å². The van der Waals surface area contributed by atoms with Gasteiger partial charge in [-0.15, -0.1) is 0 Å². The summed E-state index contributed by atoms with van der Waals surface area (Å²) in [5.41, 5.74) is -1.52. The van der Waals surface area contributed by atoms with Crippen LogP contribution in [0.15, 0.2) is 54.1 Å². The second-order valence-electron chi connectivity index (χ2n) is 10.9. The highest BCUT2D eigenvalue weighted by Crippen LogP contribution is 2.68. The lowest BCUT2D eigenvalue weighted by molar-refractivity contribution is -0.155. The molecule has 1 saturated carbocycles. The number of hydrogen-bond donors (Lipinski definition) is 3. The number of pyridine rings is 1. The van der Waals surface area contributed by atoms with Gasteiger partial charge in [-0.05, 0) is 52.3 Å². The number of hydrogen-bond acceptors (Lipinski definition) is 8. The van der Waals surface area contributed by atoms with Crippen molar-refractivity contribution < 1.29 is 19.7 Å². The minimum Gasteiger partial charge on any atom is -0.481 e. The molecule has 2 aliphatic rings. The normalized spacial score (nSPS) is 28.4. The maximum absolute atomic E-state index is 12.8. The Bertz CT molecular complexity index is 1360. The van der Waals surface area contributed by atoms with Gasteiger partial charge in [0.25, 0.3) is 0 Å². The Labute approximate surface area is 223 Å². The lowest BCUT2D eigenvalue weighted by Crippen LogP contribution is -2.52. The highest BCUT2D eigenvalue weighted by Gasteiger charge is 2.76. The second-order valence-corrected chi connectivity index (χ2v) is 10.9. The molecule has 1 aromatic heterocycles. The summed E-state index contributed by atoms with van der Waals surface area (Å²) in [6, 6.07) is 12.5. The van der Waals surface area contributed by atoms with Gasteiger partial charge in [0, 0.05) is 30.0 Å². The highest BCUT2D eigenvalue weighted by atomic mass is 16.5. The van der Waals surface area contributed by atoms with Crippen LogP contribution in [0.2, 0.25) is 0 Å². The van der Waals surface area contributed by atoms with Gasteiger partial charge >= 0.3 is 0 Å². The van der Waals surface area contributed by atoms with Gasteiger partial charge in [0.05, 0.1) is 30.4 Å². The molecular formula is C30H34N4O4. The van der Waals surface area contributed by atoms with Crippen LogP contribution in [0.4, 0.5) is 0 Å². The molecule has 1 fully saturated rings. The van der Waals surface area contributed by atoms with E-state index in [1.165, 1.54) is 13.2 Å². The Balaban J connectivity index is 2.07. The number of allylic oxidation sites excluding steroid dienone is 3. The summed E-state index contributed by atoms with van der Waals surface area (Å²) in [4.78, 5) is 4.28. The Hall–Kier alpha value is -3.69. The molecule has 8 heteroatoms. The maximum Gasteiger partial charge on any atom is 0.224 e. The summed E-state index contributed by atoms with van der Waals surface area (Å²) in [5.74, 6) is -0.742. The zero-order valence-electron chi connectivity index (χ0n) is 22.6. The fraction of sp³-hybridized carbons (Fsp3) is 0.433. The molecule has 38 heavy (non-hydrogen) atoms. The predicted octanol–water partition coefficient (Wildman–Crippen LogP) is 3.83. The van der Waals surface area contributed by atoms with Crippen LogP contribution in [0.1, 0.15) is 57.0 Å². The van der Waals surface area contributed by atoms with Crippen LogP contribution in [0.25, 0.3) is 0 Å². The summed E-state index contributed by atoms with van der Waals surface area (Å²) < 4.78 is 12.3. The van der Waals surface area contributed by atoms with Gasteiger partial charge in [-0.1, -0.05) is 35.9 Å². The first-order valence-electron chi connectivity index (χ1n) is 12.6. The van der Waals surface area contributed by atoms with Gasteiger partial charge in [0.1, 0.15) is 17.5 Å². The van der Waals surface area contributed by atoms with Crippen LogP contribution in [0, 0.1) is 34.5 Å². The molecule has 1 aromatic carbocycles. The number of aliphatic hydroxyl groups excluding tert-OH is 1. The Morgan fingerprint density at radius 1 is 1.24 bits per heavy atom. The number of nitrogens with zero attached hydrogens (tertiary/aromatic N) is 3. The molecule has 0 bridgehead atoms. The predicted molar refractivity (Wildman–Crippen MR) is 142 cm³/mol. The van der Waals surface area contributed by atoms with Crippen LogP contribution >= 0.6 is 0 Å². The minimum atomic E-state index is -1.98. The van der Waals surface area contributed by atoms with E-state index in [2.05, 4.69) is 16.4 Å². The molecule has 5 atom stereocenters. The average Bonchev–Trinajstić information content (AvgIpc) is 3.27. The van der Waals surface area contributed by atoms with E-state index in [0.717, 1.165) is 5.57 Å². The second kappa shape index (κ2) is 9.89. The molecule has 1 aliphatic carbocycles. The largest absolute Gasteiger partial charge is 0.481 e. The van der Waals surface area contributed by atoms with E-state index in [9.17, 15) is 20.7 Å². The smallest absolute Gasteiger partial charge is 0.224 e. The third-order valence-electron chi connectivity index (χ3n) is 7.53. The van der Waals surface area contributed by atoms with Crippen molar-refractivity contribution in [3.63, 3.8) is 0 Å². The molecule has 0 spiro atoms. The van der Waals surface area contributed by atoms with Gasteiger partial charge < -0.3 is 25.0 Å². The first-order valence-corrected chi connectivity index (χ1v) is 12.6. The maximum atomic E-state index is 12.8. The first-order chi connectivity index (χ1) is 18.0. The van der Waals surface area contributed by atoms with Crippen molar-refractivity contribution in [1.82, 2.24) is 10.3 Å². The number of fused-ring (bicyclic) bond motifs is 3. The third kappa shape index (κ3) is 4.06. The monoisotopic (exact) mass is 514 g/mol. The Kier molecular flexibility index (Phi) is 7.11. The Morgan fingerprint density at radius 2 is 1.92 bits per heavy atom. The van der Waals surface area contributed by atoms with E-state index in [4.69, 9.17) is 9.47 Å².